The SMILES string of the molecule is CCN(Cc1cccc(S(=O)(=O)O)c1)c1ccc(/C(=C2/C=CC(=[N+](CC)Cc3cccc(C)c3)C=C2C)c2ccc(C)cc2)c(C)c1. The Labute approximate surface area is 280 Å². The number of rotatable bonds is 10. The Morgan fingerprint density at radius 2 is 1.51 bits per heavy atom. The normalized spacial score (nSPS) is 15.3. The largest absolute Gasteiger partial charge is 0.367 e. The van der Waals surface area contributed by atoms with Gasteiger partial charge < -0.3 is 4.90 Å². The molecule has 0 amide bonds. The van der Waals surface area contributed by atoms with Crippen molar-refractivity contribution in [3.05, 3.63) is 159 Å². The van der Waals surface area contributed by atoms with Crippen LogP contribution in [-0.2, 0) is 23.2 Å². The standard InChI is InChI=1S/C41H44N2O3S/c1-7-42(27-33-12-9-11-30(4)23-33)36-19-21-39(31(5)24-36)41(35-17-15-29(3)16-18-35)40-22-20-37(25-32(40)6)43(8-2)28-34-13-10-14-38(26-34)47(44,45)46/h9-26H,7-8,27-28H2,1-6H3/p+1. The Bertz CT molecular complexity index is 2020. The first-order chi connectivity index (χ1) is 22.5. The highest BCUT2D eigenvalue weighted by Crippen LogP contribution is 2.36. The summed E-state index contributed by atoms with van der Waals surface area (Å²) in [6.45, 7) is 15.9. The summed E-state index contributed by atoms with van der Waals surface area (Å²) in [4.78, 5) is 2.12. The highest BCUT2D eigenvalue weighted by Gasteiger charge is 2.21. The summed E-state index contributed by atoms with van der Waals surface area (Å²) in [5.41, 5.74) is 14.0. The van der Waals surface area contributed by atoms with Gasteiger partial charge in [-0.1, -0.05) is 71.8 Å². The average molecular weight is 646 g/mol. The molecular weight excluding hydrogens is 601 g/mol. The lowest BCUT2D eigenvalue weighted by Crippen LogP contribution is -2.22. The number of nitrogens with zero attached hydrogens (tertiary/aromatic N) is 2. The zero-order valence-corrected chi connectivity index (χ0v) is 29.1. The zero-order chi connectivity index (χ0) is 33.7. The molecule has 0 aliphatic heterocycles. The van der Waals surface area contributed by atoms with Gasteiger partial charge in [-0.2, -0.15) is 8.42 Å². The van der Waals surface area contributed by atoms with Gasteiger partial charge in [0, 0.05) is 36.5 Å². The molecule has 0 saturated carbocycles. The molecule has 0 unspecified atom stereocenters. The van der Waals surface area contributed by atoms with Gasteiger partial charge in [0.1, 0.15) is 6.54 Å². The van der Waals surface area contributed by atoms with Crippen LogP contribution < -0.4 is 4.90 Å². The Morgan fingerprint density at radius 3 is 2.15 bits per heavy atom. The Balaban J connectivity index is 1.54. The van der Waals surface area contributed by atoms with Gasteiger partial charge in [0.25, 0.3) is 10.1 Å². The number of hydrogen-bond acceptors (Lipinski definition) is 3. The molecule has 5 nitrogen and oxygen atoms in total. The van der Waals surface area contributed by atoms with E-state index in [9.17, 15) is 13.0 Å². The van der Waals surface area contributed by atoms with Gasteiger partial charge in [-0.25, -0.2) is 4.58 Å². The van der Waals surface area contributed by atoms with Gasteiger partial charge in [0.2, 0.25) is 0 Å². The van der Waals surface area contributed by atoms with E-state index in [0.29, 0.717) is 6.54 Å². The first-order valence-corrected chi connectivity index (χ1v) is 17.7. The van der Waals surface area contributed by atoms with Crippen molar-refractivity contribution in [3.8, 4) is 0 Å². The second-order valence-corrected chi connectivity index (χ2v) is 13.8. The minimum Gasteiger partial charge on any atom is -0.367 e. The highest BCUT2D eigenvalue weighted by atomic mass is 32.2. The molecule has 47 heavy (non-hydrogen) atoms. The molecule has 0 radical (unpaired) electrons. The van der Waals surface area contributed by atoms with Crippen molar-refractivity contribution in [1.29, 1.82) is 0 Å². The van der Waals surface area contributed by atoms with Crippen molar-refractivity contribution in [2.24, 2.45) is 0 Å². The maximum absolute atomic E-state index is 11.7. The van der Waals surface area contributed by atoms with Crippen LogP contribution in [0.2, 0.25) is 0 Å². The van der Waals surface area contributed by atoms with Gasteiger partial charge in [0.05, 0.1) is 4.90 Å². The lowest BCUT2D eigenvalue weighted by atomic mass is 9.85. The van der Waals surface area contributed by atoms with Crippen molar-refractivity contribution in [1.82, 2.24) is 0 Å². The van der Waals surface area contributed by atoms with Crippen molar-refractivity contribution in [3.63, 3.8) is 0 Å². The van der Waals surface area contributed by atoms with Gasteiger partial charge in [0.15, 0.2) is 12.3 Å². The Kier molecular flexibility index (Phi) is 10.4. The van der Waals surface area contributed by atoms with E-state index in [2.05, 4.69) is 136 Å². The molecule has 0 heterocycles. The molecule has 0 saturated heterocycles. The summed E-state index contributed by atoms with van der Waals surface area (Å²) in [6, 6.07) is 30.6. The third kappa shape index (κ3) is 8.07. The van der Waals surface area contributed by atoms with Gasteiger partial charge >= 0.3 is 0 Å². The highest BCUT2D eigenvalue weighted by molar-refractivity contribution is 7.85. The fourth-order valence-corrected chi connectivity index (χ4v) is 6.80. The predicted molar refractivity (Wildman–Crippen MR) is 195 cm³/mol. The second-order valence-electron chi connectivity index (χ2n) is 12.4. The fourth-order valence-electron chi connectivity index (χ4n) is 6.25. The summed E-state index contributed by atoms with van der Waals surface area (Å²) in [6.07, 6.45) is 6.83. The van der Waals surface area contributed by atoms with Crippen LogP contribution in [0.25, 0.3) is 5.57 Å². The molecule has 0 spiro atoms. The quantitative estimate of drug-likeness (QED) is 0.138. The monoisotopic (exact) mass is 645 g/mol. The van der Waals surface area contributed by atoms with E-state index in [0.717, 1.165) is 36.4 Å². The first-order valence-electron chi connectivity index (χ1n) is 16.2. The fraction of sp³-hybridized carbons (Fsp3) is 0.244. The van der Waals surface area contributed by atoms with E-state index >= 15 is 0 Å². The van der Waals surface area contributed by atoms with Crippen molar-refractivity contribution in [2.45, 2.75) is 59.5 Å². The van der Waals surface area contributed by atoms with Crippen LogP contribution in [0, 0.1) is 20.8 Å². The van der Waals surface area contributed by atoms with Crippen LogP contribution in [-0.4, -0.2) is 36.3 Å². The molecule has 6 heteroatoms. The molecule has 1 N–H and O–H groups in total. The van der Waals surface area contributed by atoms with Gasteiger partial charge in [-0.3, -0.25) is 4.55 Å². The molecule has 1 aliphatic rings. The van der Waals surface area contributed by atoms with E-state index in [1.165, 1.54) is 62.4 Å². The van der Waals surface area contributed by atoms with Crippen LogP contribution in [0.3, 0.4) is 0 Å². The van der Waals surface area contributed by atoms with Gasteiger partial charge in [-0.15, -0.1) is 0 Å². The van der Waals surface area contributed by atoms with Crippen LogP contribution in [0.1, 0.15) is 59.7 Å². The predicted octanol–water partition coefficient (Wildman–Crippen LogP) is 8.88. The Morgan fingerprint density at radius 1 is 0.787 bits per heavy atom. The molecule has 0 bridgehead atoms. The summed E-state index contributed by atoms with van der Waals surface area (Å²) in [7, 11) is -4.26. The van der Waals surface area contributed by atoms with Crippen LogP contribution in [0.15, 0.2) is 125 Å². The zero-order valence-electron chi connectivity index (χ0n) is 28.3. The van der Waals surface area contributed by atoms with Gasteiger partial charge in [-0.05, 0) is 117 Å². The van der Waals surface area contributed by atoms with Crippen LogP contribution in [0.4, 0.5) is 5.69 Å². The average Bonchev–Trinajstić information content (AvgIpc) is 3.04. The van der Waals surface area contributed by atoms with Crippen LogP contribution >= 0.6 is 0 Å². The lowest BCUT2D eigenvalue weighted by Gasteiger charge is -2.25. The molecule has 242 valence electrons. The van der Waals surface area contributed by atoms with E-state index in [4.69, 9.17) is 0 Å². The molecule has 1 aliphatic carbocycles. The lowest BCUT2D eigenvalue weighted by molar-refractivity contribution is -0.539. The van der Waals surface area contributed by atoms with Crippen LogP contribution in [0.5, 0.6) is 0 Å². The first kappa shape index (κ1) is 33.8. The topological polar surface area (TPSA) is 60.6 Å². The summed E-state index contributed by atoms with van der Waals surface area (Å²) in [5, 5.41) is 0. The van der Waals surface area contributed by atoms with Crippen molar-refractivity contribution >= 4 is 27.1 Å². The molecule has 5 rings (SSSR count). The minimum absolute atomic E-state index is 0.0893. The molecular formula is C41H45N2O3S+. The van der Waals surface area contributed by atoms with Crippen molar-refractivity contribution in [2.75, 3.05) is 18.0 Å². The van der Waals surface area contributed by atoms with E-state index < -0.39 is 10.1 Å². The molecule has 4 aromatic rings. The molecule has 0 atom stereocenters. The van der Waals surface area contributed by atoms with E-state index in [-0.39, 0.29) is 4.90 Å². The molecule has 4 aromatic carbocycles. The number of hydrogen-bond donors (Lipinski definition) is 1. The third-order valence-corrected chi connectivity index (χ3v) is 9.67. The number of aryl methyl sites for hydroxylation is 3. The number of allylic oxidation sites excluding steroid dienone is 5. The Hall–Kier alpha value is -4.52. The second kappa shape index (κ2) is 14.5. The number of anilines is 1. The van der Waals surface area contributed by atoms with E-state index in [1.54, 1.807) is 6.07 Å². The minimum atomic E-state index is -4.26. The van der Waals surface area contributed by atoms with Crippen molar-refractivity contribution < 1.29 is 17.5 Å². The summed E-state index contributed by atoms with van der Waals surface area (Å²) in [5.74, 6) is 0. The third-order valence-electron chi connectivity index (χ3n) is 8.82. The smallest absolute Gasteiger partial charge is 0.294 e. The molecule has 0 fully saturated rings. The molecule has 0 aromatic heterocycles. The maximum atomic E-state index is 11.7. The summed E-state index contributed by atoms with van der Waals surface area (Å²) >= 11 is 0. The summed E-state index contributed by atoms with van der Waals surface area (Å²) < 4.78 is 35.4. The van der Waals surface area contributed by atoms with E-state index in [1.807, 2.05) is 6.07 Å². The number of benzene rings is 4. The maximum Gasteiger partial charge on any atom is 0.294 e.